The van der Waals surface area contributed by atoms with E-state index in [4.69, 9.17) is 34.0 Å². The van der Waals surface area contributed by atoms with E-state index in [0.717, 1.165) is 61.2 Å². The molecule has 2 heterocycles. The van der Waals surface area contributed by atoms with Gasteiger partial charge in [0.25, 0.3) is 11.8 Å². The molecule has 0 saturated heterocycles. The summed E-state index contributed by atoms with van der Waals surface area (Å²) < 4.78 is 90.0. The number of esters is 2. The molecule has 0 radical (unpaired) electrons. The van der Waals surface area contributed by atoms with E-state index in [-0.39, 0.29) is 69.9 Å². The molecule has 0 unspecified atom stereocenters. The van der Waals surface area contributed by atoms with Gasteiger partial charge in [0.15, 0.2) is 0 Å². The smallest absolute Gasteiger partial charge is 0.491 e. The number of nitrogens with zero attached hydrogens (tertiary/aromatic N) is 4. The van der Waals surface area contributed by atoms with Gasteiger partial charge in [0.05, 0.1) is 47.6 Å². The molecule has 4 aromatic carbocycles. The summed E-state index contributed by atoms with van der Waals surface area (Å²) in [6, 6.07) is 27.9. The lowest BCUT2D eigenvalue weighted by atomic mass is 9.69. The molecule has 2 fully saturated rings. The maximum absolute atomic E-state index is 14.6. The van der Waals surface area contributed by atoms with Gasteiger partial charge >= 0.3 is 40.6 Å². The van der Waals surface area contributed by atoms with Gasteiger partial charge in [-0.05, 0) is 243 Å². The van der Waals surface area contributed by atoms with Crippen LogP contribution >= 0.6 is 0 Å². The zero-order valence-electron chi connectivity index (χ0n) is 62.1. The van der Waals surface area contributed by atoms with E-state index in [2.05, 4.69) is 76.4 Å². The second kappa shape index (κ2) is 32.5. The minimum atomic E-state index is -6.11. The molecule has 2 aliphatic heterocycles. The number of carbonyl (C=O) groups excluding carboxylic acids is 4. The highest BCUT2D eigenvalue weighted by Gasteiger charge is 2.58. The number of rotatable bonds is 19. The second-order valence-corrected chi connectivity index (χ2v) is 34.2. The van der Waals surface area contributed by atoms with Crippen LogP contribution in [0, 0.1) is 33.5 Å². The van der Waals surface area contributed by atoms with Crippen molar-refractivity contribution in [1.29, 1.82) is 0 Å². The number of amides is 2. The zero-order valence-corrected chi connectivity index (χ0v) is 63.0. The molecule has 4 aromatic rings. The third-order valence-electron chi connectivity index (χ3n) is 18.6. The number of ether oxygens (including phenoxy) is 4. The van der Waals surface area contributed by atoms with Gasteiger partial charge in [0, 0.05) is 5.56 Å². The van der Waals surface area contributed by atoms with Crippen molar-refractivity contribution in [3.63, 3.8) is 0 Å². The SMILES string of the molecule is CC(C)OC(=O)c1ccc([C@@H](CCC(C)(C)C)N2C(=O)C(OS(=O)(=O)C(F)(F)F)=NC23CCC(C(C)(C)C)CC3)cc1.CC(C)OC(=O)c1ccc([C@@H](CCC(C)(C)C)N2C(=O)C(c3ccc(OC(C)C)cc3)=NC23CCC(C(C)(C)C)CC3)cc1.CC(C)Oc1ccc(B(O)O)cc1. The van der Waals surface area contributed by atoms with Gasteiger partial charge in [-0.25, -0.2) is 14.6 Å². The largest absolute Gasteiger partial charge is 0.534 e. The number of hydrogen-bond acceptors (Lipinski definition) is 15. The molecule has 2 aliphatic carbocycles. The zero-order chi connectivity index (χ0) is 74.2. The standard InChI is InChI=1S/C38H54N2O4.C30H43F3N2O6S.C9H13BO3/c1-25(2)43-31-17-15-28(16-18-31)33-34(41)40(38(39-33)23-19-30(20-24-38)37(8,9)10)32(21-22-36(5,6)7)27-11-13-29(14-12-27)35(42)44-26(3)4;1-19(2)40-26(37)21-11-9-20(10-12-21)23(15-16-27(3,4)5)35-25(36)24(41-42(38,39)30(31,32)33)34-29(35)17-13-22(14-18-29)28(6,7)8;1-7(2)13-9-5-3-8(4-6-9)10(11)12/h11-18,25-26,30,32H,19-24H2,1-10H3;9-12,19,22-23H,13-18H2,1-8H3;3-7,11-12H,1-2H3/t30?,32-,38?;22?,23-,29?;/m11./s1. The first kappa shape index (κ1) is 81.2. The Balaban J connectivity index is 0.000000264. The van der Waals surface area contributed by atoms with Crippen molar-refractivity contribution in [2.75, 3.05) is 0 Å². The molecule has 2 amide bonds. The summed E-state index contributed by atoms with van der Waals surface area (Å²) in [4.78, 5) is 66.8. The second-order valence-electron chi connectivity index (χ2n) is 32.6. The van der Waals surface area contributed by atoms with E-state index >= 15 is 0 Å². The highest BCUT2D eigenvalue weighted by molar-refractivity contribution is 7.88. The minimum absolute atomic E-state index is 0.0149. The van der Waals surface area contributed by atoms with E-state index in [0.29, 0.717) is 72.3 Å². The van der Waals surface area contributed by atoms with Crippen LogP contribution in [-0.2, 0) is 33.4 Å². The predicted molar refractivity (Wildman–Crippen MR) is 383 cm³/mol. The number of carbonyl (C=O) groups is 4. The van der Waals surface area contributed by atoms with E-state index in [9.17, 15) is 40.8 Å². The van der Waals surface area contributed by atoms with Crippen molar-refractivity contribution in [2.45, 2.75) is 269 Å². The Hall–Kier alpha value is -6.78. The summed E-state index contributed by atoms with van der Waals surface area (Å²) >= 11 is 0. The van der Waals surface area contributed by atoms with Gasteiger partial charge in [0.1, 0.15) is 28.5 Å². The maximum atomic E-state index is 14.6. The van der Waals surface area contributed by atoms with E-state index in [1.807, 2.05) is 111 Å². The monoisotopic (exact) mass is 1400 g/mol. The number of aliphatic imine (C=N–C) groups is 2. The average Bonchev–Trinajstić information content (AvgIpc) is 1.60. The van der Waals surface area contributed by atoms with Gasteiger partial charge in [-0.1, -0.05) is 119 Å². The summed E-state index contributed by atoms with van der Waals surface area (Å²) in [5.74, 6) is -0.548. The van der Waals surface area contributed by atoms with Crippen molar-refractivity contribution < 1.29 is 73.9 Å². The van der Waals surface area contributed by atoms with Gasteiger partial charge in [0.2, 0.25) is 0 Å². The van der Waals surface area contributed by atoms with Crippen molar-refractivity contribution >= 4 is 58.1 Å². The first-order valence-electron chi connectivity index (χ1n) is 35.0. The molecule has 2 atom stereocenters. The first-order valence-corrected chi connectivity index (χ1v) is 36.4. The van der Waals surface area contributed by atoms with Gasteiger partial charge < -0.3 is 43.0 Å². The Morgan fingerprint density at radius 3 is 1.21 bits per heavy atom. The molecular weight excluding hydrogens is 1290 g/mol. The molecule has 17 nitrogen and oxygen atoms in total. The highest BCUT2D eigenvalue weighted by Crippen LogP contribution is 2.53. The quantitative estimate of drug-likeness (QED) is 0.0387. The normalized spacial score (nSPS) is 20.7. The number of benzene rings is 4. The lowest BCUT2D eigenvalue weighted by Gasteiger charge is -2.47. The Bertz CT molecular complexity index is 3530. The van der Waals surface area contributed by atoms with Crippen LogP contribution in [0.4, 0.5) is 13.2 Å². The predicted octanol–water partition coefficient (Wildman–Crippen LogP) is 16.5. The highest BCUT2D eigenvalue weighted by atomic mass is 32.2. The molecule has 2 N–H and O–H groups in total. The molecule has 4 aliphatic rings. The van der Waals surface area contributed by atoms with Crippen LogP contribution in [0.3, 0.4) is 0 Å². The van der Waals surface area contributed by atoms with Crippen LogP contribution in [0.1, 0.15) is 265 Å². The van der Waals surface area contributed by atoms with E-state index in [1.54, 1.807) is 62.4 Å². The van der Waals surface area contributed by atoms with Gasteiger partial charge in [-0.3, -0.25) is 14.6 Å². The Morgan fingerprint density at radius 2 is 0.889 bits per heavy atom. The molecule has 0 bridgehead atoms. The fourth-order valence-corrected chi connectivity index (χ4v) is 13.7. The van der Waals surface area contributed by atoms with Crippen LogP contribution in [-0.4, -0.2) is 112 Å². The Morgan fingerprint density at radius 1 is 0.535 bits per heavy atom. The average molecular weight is 1400 g/mol. The van der Waals surface area contributed by atoms with Crippen molar-refractivity contribution in [3.8, 4) is 11.5 Å². The number of alkyl halides is 3. The van der Waals surface area contributed by atoms with Crippen LogP contribution in [0.2, 0.25) is 0 Å². The Labute approximate surface area is 587 Å². The van der Waals surface area contributed by atoms with Crippen molar-refractivity contribution in [2.24, 2.45) is 43.5 Å². The fraction of sp³-hybridized carbons (Fsp3) is 0.610. The van der Waals surface area contributed by atoms with Crippen LogP contribution in [0.15, 0.2) is 107 Å². The summed E-state index contributed by atoms with van der Waals surface area (Å²) in [6.45, 7) is 41.2. The van der Waals surface area contributed by atoms with Crippen LogP contribution < -0.4 is 14.9 Å². The molecule has 8 rings (SSSR count). The van der Waals surface area contributed by atoms with Crippen molar-refractivity contribution in [1.82, 2.24) is 9.80 Å². The molecule has 22 heteroatoms. The molecule has 2 saturated carbocycles. The summed E-state index contributed by atoms with van der Waals surface area (Å²) in [7, 11) is -7.52. The third-order valence-corrected chi connectivity index (χ3v) is 19.5. The summed E-state index contributed by atoms with van der Waals surface area (Å²) in [5, 5.41) is 17.6. The van der Waals surface area contributed by atoms with E-state index < -0.39 is 57.9 Å². The van der Waals surface area contributed by atoms with Crippen LogP contribution in [0.25, 0.3) is 0 Å². The molecule has 0 aromatic heterocycles. The summed E-state index contributed by atoms with van der Waals surface area (Å²) in [5.41, 5.74) is -3.15. The summed E-state index contributed by atoms with van der Waals surface area (Å²) in [6.07, 6.45) is 8.19. The van der Waals surface area contributed by atoms with Gasteiger partial charge in [-0.15, -0.1) is 0 Å². The molecule has 99 heavy (non-hydrogen) atoms. The fourth-order valence-electron chi connectivity index (χ4n) is 13.3. The third kappa shape index (κ3) is 22.1. The number of hydrogen-bond donors (Lipinski definition) is 2. The molecular formula is C77H110BF3N4O13S. The van der Waals surface area contributed by atoms with Gasteiger partial charge in [-0.2, -0.15) is 21.6 Å². The van der Waals surface area contributed by atoms with Crippen LogP contribution in [0.5, 0.6) is 11.5 Å². The lowest BCUT2D eigenvalue weighted by molar-refractivity contribution is -0.135. The Kier molecular flexibility index (Phi) is 26.6. The molecule has 546 valence electrons. The lowest BCUT2D eigenvalue weighted by Crippen LogP contribution is -2.51. The topological polar surface area (TPSA) is 220 Å². The van der Waals surface area contributed by atoms with Crippen molar-refractivity contribution in [3.05, 3.63) is 125 Å². The molecule has 2 spiro atoms. The van der Waals surface area contributed by atoms with E-state index in [1.165, 1.54) is 4.90 Å². The first-order chi connectivity index (χ1) is 45.6. The number of halogens is 3. The maximum Gasteiger partial charge on any atom is 0.534 e. The minimum Gasteiger partial charge on any atom is -0.491 e.